The van der Waals surface area contributed by atoms with Crippen molar-refractivity contribution < 1.29 is 31.1 Å². The smallest absolute Gasteiger partial charge is 0.377 e. The van der Waals surface area contributed by atoms with Crippen molar-refractivity contribution in [2.24, 2.45) is 4.99 Å². The molecule has 0 radical (unpaired) electrons. The highest BCUT2D eigenvalue weighted by atomic mass is 19.4. The molecule has 1 amide bonds. The SMILES string of the molecule is CN(C)c1cc2c(cc1C(F)(F)F)NC(=O)CC(c1cccc(-n3nncc3CNCC(F)(F)F)c1)=N2. The van der Waals surface area contributed by atoms with Crippen LogP contribution in [-0.4, -0.2) is 53.4 Å². The number of aliphatic imine (C=N–C) groups is 1. The van der Waals surface area contributed by atoms with Gasteiger partial charge in [-0.25, -0.2) is 4.68 Å². The highest BCUT2D eigenvalue weighted by molar-refractivity contribution is 6.17. The first-order chi connectivity index (χ1) is 17.3. The molecule has 2 N–H and O–H groups in total. The molecular weight excluding hydrogens is 504 g/mol. The van der Waals surface area contributed by atoms with Crippen molar-refractivity contribution in [1.82, 2.24) is 20.3 Å². The van der Waals surface area contributed by atoms with Crippen LogP contribution in [0.4, 0.5) is 43.4 Å². The lowest BCUT2D eigenvalue weighted by Crippen LogP contribution is -2.29. The summed E-state index contributed by atoms with van der Waals surface area (Å²) in [5, 5.41) is 12.5. The molecule has 1 aromatic heterocycles. The Morgan fingerprint density at radius 3 is 2.54 bits per heavy atom. The molecule has 0 bridgehead atoms. The van der Waals surface area contributed by atoms with E-state index in [1.807, 2.05) is 0 Å². The molecule has 2 aromatic carbocycles. The monoisotopic (exact) mass is 525 g/mol. The van der Waals surface area contributed by atoms with Gasteiger partial charge in [-0.3, -0.25) is 9.79 Å². The molecule has 0 spiro atoms. The van der Waals surface area contributed by atoms with Crippen molar-refractivity contribution in [3.63, 3.8) is 0 Å². The number of fused-ring (bicyclic) bond motifs is 1. The summed E-state index contributed by atoms with van der Waals surface area (Å²) >= 11 is 0. The van der Waals surface area contributed by atoms with Crippen LogP contribution >= 0.6 is 0 Å². The average Bonchev–Trinajstić information content (AvgIpc) is 3.19. The van der Waals surface area contributed by atoms with E-state index in [1.54, 1.807) is 24.3 Å². The van der Waals surface area contributed by atoms with Crippen LogP contribution in [-0.2, 0) is 17.5 Å². The van der Waals surface area contributed by atoms with Crippen LogP contribution in [0.3, 0.4) is 0 Å². The molecule has 14 heteroatoms. The van der Waals surface area contributed by atoms with E-state index in [2.05, 4.69) is 25.9 Å². The molecule has 1 aliphatic heterocycles. The normalized spacial score (nSPS) is 14.1. The van der Waals surface area contributed by atoms with Gasteiger partial charge in [0.2, 0.25) is 5.91 Å². The number of anilines is 2. The molecule has 37 heavy (non-hydrogen) atoms. The lowest BCUT2D eigenvalue weighted by atomic mass is 10.1. The van der Waals surface area contributed by atoms with Crippen LogP contribution in [0.15, 0.2) is 47.6 Å². The van der Waals surface area contributed by atoms with Crippen molar-refractivity contribution in [3.05, 3.63) is 59.4 Å². The number of carbonyl (C=O) groups excluding carboxylic acids is 1. The topological polar surface area (TPSA) is 87.4 Å². The molecule has 2 heterocycles. The maximum atomic E-state index is 13.6. The van der Waals surface area contributed by atoms with Gasteiger partial charge in [-0.2, -0.15) is 26.3 Å². The number of benzene rings is 2. The standard InChI is InChI=1S/C23H21F6N7O/c1-35(2)20-8-19-18(7-16(20)23(27,28)29)33-21(37)9-17(32-19)13-4-3-5-14(6-13)36-15(11-31-34-36)10-30-12-22(24,25)26/h3-8,11,30H,9-10,12H2,1-2H3,(H,33,37). The third-order valence-corrected chi connectivity index (χ3v) is 5.43. The Balaban J connectivity index is 1.71. The Bertz CT molecular complexity index is 1340. The molecule has 0 aliphatic carbocycles. The van der Waals surface area contributed by atoms with Crippen molar-refractivity contribution in [1.29, 1.82) is 0 Å². The van der Waals surface area contributed by atoms with Crippen molar-refractivity contribution in [2.75, 3.05) is 30.9 Å². The highest BCUT2D eigenvalue weighted by Gasteiger charge is 2.36. The van der Waals surface area contributed by atoms with E-state index < -0.39 is 30.4 Å². The summed E-state index contributed by atoms with van der Waals surface area (Å²) in [6.07, 6.45) is -7.91. The van der Waals surface area contributed by atoms with Gasteiger partial charge in [0, 0.05) is 20.6 Å². The van der Waals surface area contributed by atoms with E-state index >= 15 is 0 Å². The van der Waals surface area contributed by atoms with Gasteiger partial charge in [0.1, 0.15) is 0 Å². The molecule has 0 unspecified atom stereocenters. The number of carbonyl (C=O) groups is 1. The number of hydrogen-bond donors (Lipinski definition) is 2. The Morgan fingerprint density at radius 1 is 1.11 bits per heavy atom. The fraction of sp³-hybridized carbons (Fsp3) is 0.304. The summed E-state index contributed by atoms with van der Waals surface area (Å²) in [5.41, 5.74) is 0.656. The minimum atomic E-state index is -4.64. The van der Waals surface area contributed by atoms with Crippen LogP contribution in [0.1, 0.15) is 23.2 Å². The number of amides is 1. The number of nitrogens with one attached hydrogen (secondary N) is 2. The summed E-state index contributed by atoms with van der Waals surface area (Å²) in [6, 6.07) is 8.70. The molecule has 0 fully saturated rings. The van der Waals surface area contributed by atoms with Gasteiger partial charge in [-0.1, -0.05) is 17.3 Å². The first-order valence-electron chi connectivity index (χ1n) is 10.9. The van der Waals surface area contributed by atoms with E-state index in [0.29, 0.717) is 22.7 Å². The second-order valence-corrected chi connectivity index (χ2v) is 8.47. The van der Waals surface area contributed by atoms with Gasteiger partial charge in [0.05, 0.1) is 58.9 Å². The molecule has 1 aliphatic rings. The molecule has 3 aromatic rings. The number of alkyl halides is 6. The maximum Gasteiger partial charge on any atom is 0.418 e. The van der Waals surface area contributed by atoms with Gasteiger partial charge in [-0.15, -0.1) is 5.10 Å². The quantitative estimate of drug-likeness (QED) is 0.464. The third kappa shape index (κ3) is 6.07. The fourth-order valence-corrected chi connectivity index (χ4v) is 3.81. The molecule has 0 saturated heterocycles. The van der Waals surface area contributed by atoms with E-state index in [1.165, 1.54) is 35.9 Å². The van der Waals surface area contributed by atoms with E-state index in [0.717, 1.165) is 6.07 Å². The summed E-state index contributed by atoms with van der Waals surface area (Å²) in [6.45, 7) is -1.34. The van der Waals surface area contributed by atoms with Crippen LogP contribution in [0.5, 0.6) is 0 Å². The second kappa shape index (κ2) is 9.84. The summed E-state index contributed by atoms with van der Waals surface area (Å²) < 4.78 is 79.6. The Morgan fingerprint density at radius 2 is 1.86 bits per heavy atom. The van der Waals surface area contributed by atoms with Gasteiger partial charge < -0.3 is 15.5 Å². The van der Waals surface area contributed by atoms with E-state index in [4.69, 9.17) is 0 Å². The van der Waals surface area contributed by atoms with Crippen molar-refractivity contribution in [2.45, 2.75) is 25.3 Å². The Hall–Kier alpha value is -3.94. The number of hydrogen-bond acceptors (Lipinski definition) is 6. The first-order valence-corrected chi connectivity index (χ1v) is 10.9. The first kappa shape index (κ1) is 26.1. The van der Waals surface area contributed by atoms with Gasteiger partial charge >= 0.3 is 12.4 Å². The highest BCUT2D eigenvalue weighted by Crippen LogP contribution is 2.42. The Kier molecular flexibility index (Phi) is 6.95. The van der Waals surface area contributed by atoms with Gasteiger partial charge in [0.25, 0.3) is 0 Å². The lowest BCUT2D eigenvalue weighted by molar-refractivity contribution is -0.137. The molecular formula is C23H21F6N7O. The van der Waals surface area contributed by atoms with E-state index in [9.17, 15) is 31.1 Å². The zero-order valence-electron chi connectivity index (χ0n) is 19.6. The summed E-state index contributed by atoms with van der Waals surface area (Å²) in [5.74, 6) is -0.550. The molecule has 4 rings (SSSR count). The van der Waals surface area contributed by atoms with Crippen LogP contribution in [0, 0.1) is 0 Å². The maximum absolute atomic E-state index is 13.6. The number of nitrogens with zero attached hydrogens (tertiary/aromatic N) is 5. The Labute approximate surface area is 207 Å². The van der Waals surface area contributed by atoms with Crippen molar-refractivity contribution in [3.8, 4) is 5.69 Å². The number of rotatable bonds is 6. The molecule has 0 saturated carbocycles. The predicted molar refractivity (Wildman–Crippen MR) is 124 cm³/mol. The largest absolute Gasteiger partial charge is 0.418 e. The minimum absolute atomic E-state index is 0.0663. The van der Waals surface area contributed by atoms with Crippen molar-refractivity contribution >= 4 is 28.7 Å². The number of halogens is 6. The molecule has 196 valence electrons. The van der Waals surface area contributed by atoms with Gasteiger partial charge in [-0.05, 0) is 29.8 Å². The van der Waals surface area contributed by atoms with Crippen LogP contribution < -0.4 is 15.5 Å². The zero-order chi connectivity index (χ0) is 27.0. The fourth-order valence-electron chi connectivity index (χ4n) is 3.81. The lowest BCUT2D eigenvalue weighted by Gasteiger charge is -2.21. The number of aromatic nitrogens is 3. The average molecular weight is 525 g/mol. The van der Waals surface area contributed by atoms with Crippen LogP contribution in [0.25, 0.3) is 5.69 Å². The second-order valence-electron chi connectivity index (χ2n) is 8.47. The van der Waals surface area contributed by atoms with Gasteiger partial charge in [0.15, 0.2) is 0 Å². The summed E-state index contributed by atoms with van der Waals surface area (Å²) in [7, 11) is 2.94. The third-order valence-electron chi connectivity index (χ3n) is 5.43. The van der Waals surface area contributed by atoms with Crippen LogP contribution in [0.2, 0.25) is 0 Å². The molecule has 8 nitrogen and oxygen atoms in total. The molecule has 0 atom stereocenters. The summed E-state index contributed by atoms with van der Waals surface area (Å²) in [4.78, 5) is 18.4. The predicted octanol–water partition coefficient (Wildman–Crippen LogP) is 4.47. The minimum Gasteiger partial charge on any atom is -0.377 e. The van der Waals surface area contributed by atoms with E-state index in [-0.39, 0.29) is 30.0 Å². The zero-order valence-corrected chi connectivity index (χ0v) is 19.6.